The molecule has 0 aromatic carbocycles. The van der Waals surface area contributed by atoms with Crippen LogP contribution in [-0.4, -0.2) is 59.7 Å². The highest BCUT2D eigenvalue weighted by Gasteiger charge is 2.37. The Morgan fingerprint density at radius 1 is 1.32 bits per heavy atom. The number of hydrogen-bond donors (Lipinski definition) is 0. The molecule has 0 N–H and O–H groups in total. The molecule has 0 atom stereocenters. The van der Waals surface area contributed by atoms with Gasteiger partial charge in [0.2, 0.25) is 5.91 Å². The number of morpholine rings is 1. The van der Waals surface area contributed by atoms with E-state index in [2.05, 4.69) is 0 Å². The molecule has 0 aliphatic carbocycles. The van der Waals surface area contributed by atoms with Gasteiger partial charge in [-0.1, -0.05) is 0 Å². The summed E-state index contributed by atoms with van der Waals surface area (Å²) < 4.78 is 10.4. The van der Waals surface area contributed by atoms with Crippen LogP contribution in [0.1, 0.15) is 12.7 Å². The van der Waals surface area contributed by atoms with Crippen LogP contribution < -0.4 is 0 Å². The van der Waals surface area contributed by atoms with Crippen molar-refractivity contribution in [3.63, 3.8) is 0 Å². The zero-order valence-electron chi connectivity index (χ0n) is 13.8. The number of carbonyl (C=O) groups excluding carboxylic acids is 3. The Morgan fingerprint density at radius 3 is 2.76 bits per heavy atom. The number of hydrogen-bond acceptors (Lipinski definition) is 6. The number of imide groups is 1. The first-order valence-electron chi connectivity index (χ1n) is 7.87. The molecule has 0 saturated carbocycles. The van der Waals surface area contributed by atoms with E-state index in [0.29, 0.717) is 37.0 Å². The predicted octanol–water partition coefficient (Wildman–Crippen LogP) is 2.12. The summed E-state index contributed by atoms with van der Waals surface area (Å²) in [7, 11) is 0. The van der Waals surface area contributed by atoms with Gasteiger partial charge in [0.25, 0.3) is 11.1 Å². The molecule has 2 aliphatic rings. The fourth-order valence-corrected chi connectivity index (χ4v) is 3.42. The zero-order valence-corrected chi connectivity index (χ0v) is 14.6. The highest BCUT2D eigenvalue weighted by atomic mass is 32.2. The molecular weight excluding hydrogens is 344 g/mol. The van der Waals surface area contributed by atoms with Gasteiger partial charge in [0.05, 0.1) is 24.4 Å². The Balaban J connectivity index is 1.67. The molecule has 25 heavy (non-hydrogen) atoms. The second-order valence-electron chi connectivity index (χ2n) is 5.66. The highest BCUT2D eigenvalue weighted by molar-refractivity contribution is 8.18. The third kappa shape index (κ3) is 4.21. The van der Waals surface area contributed by atoms with Crippen LogP contribution in [0.25, 0.3) is 6.08 Å². The van der Waals surface area contributed by atoms with Crippen molar-refractivity contribution in [3.05, 3.63) is 40.7 Å². The van der Waals surface area contributed by atoms with Crippen molar-refractivity contribution in [2.75, 3.05) is 32.8 Å². The standard InChI is InChI=1S/C17H18N2O5S/c1-12(9-13-3-2-6-24-13)10-14-16(21)19(17(22)25-14)11-15(20)18-4-7-23-8-5-18/h2-3,6,9-10H,4-5,7-8,11H2,1H3/b12-9+,14-10-. The number of allylic oxidation sites excluding steroid dienone is 2. The molecule has 0 unspecified atom stereocenters. The number of ether oxygens (including phenoxy) is 1. The third-order valence-electron chi connectivity index (χ3n) is 3.80. The van der Waals surface area contributed by atoms with Crippen LogP contribution in [0.15, 0.2) is 39.4 Å². The smallest absolute Gasteiger partial charge is 0.294 e. The van der Waals surface area contributed by atoms with Gasteiger partial charge in [-0.05, 0) is 48.5 Å². The summed E-state index contributed by atoms with van der Waals surface area (Å²) in [6.45, 7) is 3.50. The van der Waals surface area contributed by atoms with Gasteiger partial charge in [-0.25, -0.2) is 0 Å². The fourth-order valence-electron chi connectivity index (χ4n) is 2.53. The summed E-state index contributed by atoms with van der Waals surface area (Å²) in [5, 5.41) is -0.427. The van der Waals surface area contributed by atoms with Crippen LogP contribution >= 0.6 is 11.8 Å². The molecule has 2 aliphatic heterocycles. The molecule has 3 rings (SSSR count). The van der Waals surface area contributed by atoms with E-state index in [0.717, 1.165) is 22.2 Å². The number of furan rings is 1. The van der Waals surface area contributed by atoms with Crippen LogP contribution in [0.5, 0.6) is 0 Å². The average Bonchev–Trinajstić information content (AvgIpc) is 3.19. The maximum absolute atomic E-state index is 12.4. The minimum absolute atomic E-state index is 0.233. The van der Waals surface area contributed by atoms with Gasteiger partial charge in [-0.2, -0.15) is 0 Å². The Bertz CT molecular complexity index is 732. The maximum Gasteiger partial charge on any atom is 0.294 e. The monoisotopic (exact) mass is 362 g/mol. The SMILES string of the molecule is CC(/C=C1\SC(=O)N(CC(=O)N2CCOCC2)C1=O)=C\c1ccco1. The summed E-state index contributed by atoms with van der Waals surface area (Å²) in [6.07, 6.45) is 4.96. The van der Waals surface area contributed by atoms with Crippen LogP contribution in [-0.2, 0) is 14.3 Å². The molecule has 2 saturated heterocycles. The molecular formula is C17H18N2O5S. The van der Waals surface area contributed by atoms with Crippen molar-refractivity contribution in [2.45, 2.75) is 6.92 Å². The van der Waals surface area contributed by atoms with E-state index < -0.39 is 11.1 Å². The molecule has 1 aromatic heterocycles. The van der Waals surface area contributed by atoms with Gasteiger partial charge in [0.1, 0.15) is 12.3 Å². The number of carbonyl (C=O) groups is 3. The topological polar surface area (TPSA) is 80.1 Å². The van der Waals surface area contributed by atoms with Crippen molar-refractivity contribution in [2.24, 2.45) is 0 Å². The van der Waals surface area contributed by atoms with Gasteiger partial charge in [0.15, 0.2) is 0 Å². The van der Waals surface area contributed by atoms with Gasteiger partial charge in [-0.3, -0.25) is 19.3 Å². The lowest BCUT2D eigenvalue weighted by molar-refractivity contribution is -0.139. The second-order valence-corrected chi connectivity index (χ2v) is 6.66. The summed E-state index contributed by atoms with van der Waals surface area (Å²) in [5.74, 6) is -0.0195. The first-order valence-corrected chi connectivity index (χ1v) is 8.69. The molecule has 8 heteroatoms. The minimum atomic E-state index is -0.441. The highest BCUT2D eigenvalue weighted by Crippen LogP contribution is 2.31. The van der Waals surface area contributed by atoms with Crippen LogP contribution in [0.3, 0.4) is 0 Å². The van der Waals surface area contributed by atoms with E-state index in [1.807, 2.05) is 6.92 Å². The van der Waals surface area contributed by atoms with Crippen molar-refractivity contribution in [1.29, 1.82) is 0 Å². The summed E-state index contributed by atoms with van der Waals surface area (Å²) >= 11 is 0.843. The van der Waals surface area contributed by atoms with E-state index >= 15 is 0 Å². The number of amides is 3. The molecule has 0 spiro atoms. The lowest BCUT2D eigenvalue weighted by Gasteiger charge is -2.28. The van der Waals surface area contributed by atoms with Crippen molar-refractivity contribution >= 4 is 34.9 Å². The summed E-state index contributed by atoms with van der Waals surface area (Å²) in [4.78, 5) is 39.7. The number of nitrogens with zero attached hydrogens (tertiary/aromatic N) is 2. The number of rotatable bonds is 4. The molecule has 3 heterocycles. The number of thioether (sulfide) groups is 1. The van der Waals surface area contributed by atoms with E-state index in [9.17, 15) is 14.4 Å². The molecule has 1 aromatic rings. The predicted molar refractivity (Wildman–Crippen MR) is 92.5 cm³/mol. The first kappa shape index (κ1) is 17.5. The molecule has 0 radical (unpaired) electrons. The van der Waals surface area contributed by atoms with Crippen molar-refractivity contribution in [3.8, 4) is 0 Å². The average molecular weight is 362 g/mol. The van der Waals surface area contributed by atoms with Crippen molar-refractivity contribution in [1.82, 2.24) is 9.80 Å². The second kappa shape index (κ2) is 7.71. The van der Waals surface area contributed by atoms with E-state index in [1.54, 1.807) is 35.4 Å². The van der Waals surface area contributed by atoms with Crippen molar-refractivity contribution < 1.29 is 23.5 Å². The molecule has 7 nitrogen and oxygen atoms in total. The minimum Gasteiger partial charge on any atom is -0.465 e. The summed E-state index contributed by atoms with van der Waals surface area (Å²) in [6, 6.07) is 3.56. The van der Waals surface area contributed by atoms with E-state index in [-0.39, 0.29) is 12.5 Å². The van der Waals surface area contributed by atoms with Gasteiger partial charge in [0, 0.05) is 13.1 Å². The lowest BCUT2D eigenvalue weighted by Crippen LogP contribution is -2.46. The van der Waals surface area contributed by atoms with Gasteiger partial charge >= 0.3 is 0 Å². The zero-order chi connectivity index (χ0) is 17.8. The summed E-state index contributed by atoms with van der Waals surface area (Å²) in [5.41, 5.74) is 0.778. The Hall–Kier alpha value is -2.32. The molecule has 0 bridgehead atoms. The Labute approximate surface area is 149 Å². The molecule has 2 fully saturated rings. The van der Waals surface area contributed by atoms with E-state index in [4.69, 9.17) is 9.15 Å². The largest absolute Gasteiger partial charge is 0.465 e. The quantitative estimate of drug-likeness (QED) is 0.764. The molecule has 3 amide bonds. The van der Waals surface area contributed by atoms with Gasteiger partial charge < -0.3 is 14.1 Å². The first-order chi connectivity index (χ1) is 12.0. The van der Waals surface area contributed by atoms with E-state index in [1.165, 1.54) is 0 Å². The molecule has 132 valence electrons. The third-order valence-corrected chi connectivity index (χ3v) is 4.71. The van der Waals surface area contributed by atoms with Crippen LogP contribution in [0.4, 0.5) is 4.79 Å². The Kier molecular flexibility index (Phi) is 5.40. The fraction of sp³-hybridized carbons (Fsp3) is 0.353. The normalized spacial score (nSPS) is 20.7. The Morgan fingerprint density at radius 2 is 2.08 bits per heavy atom. The lowest BCUT2D eigenvalue weighted by atomic mass is 10.2. The van der Waals surface area contributed by atoms with Crippen LogP contribution in [0, 0.1) is 0 Å². The van der Waals surface area contributed by atoms with Gasteiger partial charge in [-0.15, -0.1) is 0 Å². The maximum atomic E-state index is 12.4. The van der Waals surface area contributed by atoms with Crippen LogP contribution in [0.2, 0.25) is 0 Å².